The van der Waals surface area contributed by atoms with Crippen molar-refractivity contribution >= 4 is 38.8 Å². The number of ether oxygens (including phenoxy) is 2. The van der Waals surface area contributed by atoms with Gasteiger partial charge < -0.3 is 20.1 Å². The van der Waals surface area contributed by atoms with Crippen LogP contribution in [-0.4, -0.2) is 40.5 Å². The molecule has 1 aliphatic rings. The number of anilines is 2. The van der Waals surface area contributed by atoms with Gasteiger partial charge >= 0.3 is 0 Å². The van der Waals surface area contributed by atoms with Crippen LogP contribution in [0.2, 0.25) is 0 Å². The highest BCUT2D eigenvalue weighted by Crippen LogP contribution is 2.35. The molecule has 40 heavy (non-hydrogen) atoms. The Bertz CT molecular complexity index is 1340. The van der Waals surface area contributed by atoms with E-state index in [1.54, 1.807) is 19.7 Å². The van der Waals surface area contributed by atoms with E-state index in [1.165, 1.54) is 60.3 Å². The number of hydrogen-bond donors (Lipinski definition) is 2. The summed E-state index contributed by atoms with van der Waals surface area (Å²) < 4.78 is 10.2. The second kappa shape index (κ2) is 15.1. The van der Waals surface area contributed by atoms with E-state index >= 15 is 0 Å². The molecule has 1 amide bonds. The van der Waals surface area contributed by atoms with Crippen LogP contribution >= 0.6 is 22.7 Å². The maximum Gasteiger partial charge on any atom is 0.230 e. The zero-order valence-corrected chi connectivity index (χ0v) is 24.4. The summed E-state index contributed by atoms with van der Waals surface area (Å²) in [6.45, 7) is 3.96. The van der Waals surface area contributed by atoms with Gasteiger partial charge in [-0.05, 0) is 48.2 Å². The van der Waals surface area contributed by atoms with Gasteiger partial charge in [0.15, 0.2) is 0 Å². The highest BCUT2D eigenvalue weighted by atomic mass is 32.1. The molecule has 9 nitrogen and oxygen atoms in total. The number of amides is 1. The van der Waals surface area contributed by atoms with Gasteiger partial charge in [0, 0.05) is 18.0 Å². The Morgan fingerprint density at radius 1 is 0.850 bits per heavy atom. The maximum absolute atomic E-state index is 12.1. The number of hydrogen-bond acceptors (Lipinski definition) is 10. The van der Waals surface area contributed by atoms with Gasteiger partial charge in [-0.2, -0.15) is 0 Å². The zero-order valence-electron chi connectivity index (χ0n) is 22.8. The van der Waals surface area contributed by atoms with Crippen molar-refractivity contribution in [3.8, 4) is 11.5 Å². The third kappa shape index (κ3) is 9.13. The van der Waals surface area contributed by atoms with Gasteiger partial charge in [-0.1, -0.05) is 72.8 Å². The van der Waals surface area contributed by atoms with Crippen molar-refractivity contribution in [2.75, 3.05) is 24.9 Å². The van der Waals surface area contributed by atoms with Crippen LogP contribution in [-0.2, 0) is 17.6 Å². The number of nitrogens with zero attached hydrogens (tertiary/aromatic N) is 4. The lowest BCUT2D eigenvalue weighted by atomic mass is 9.90. The fraction of sp³-hybridized carbons (Fsp3) is 0.345. The molecule has 0 saturated heterocycles. The average molecular weight is 579 g/mol. The monoisotopic (exact) mass is 578 g/mol. The van der Waals surface area contributed by atoms with Gasteiger partial charge in [-0.25, -0.2) is 0 Å². The molecule has 0 aliphatic heterocycles. The summed E-state index contributed by atoms with van der Waals surface area (Å²) in [7, 11) is 3.28. The quantitative estimate of drug-likeness (QED) is 0.220. The lowest BCUT2D eigenvalue weighted by Crippen LogP contribution is -2.14. The van der Waals surface area contributed by atoms with Crippen molar-refractivity contribution in [2.45, 2.75) is 50.9 Å². The van der Waals surface area contributed by atoms with Crippen molar-refractivity contribution in [3.63, 3.8) is 0 Å². The minimum absolute atomic E-state index is 0.0680. The summed E-state index contributed by atoms with van der Waals surface area (Å²) in [4.78, 5) is 12.1. The van der Waals surface area contributed by atoms with E-state index in [9.17, 15) is 4.79 Å². The van der Waals surface area contributed by atoms with Crippen molar-refractivity contribution in [1.29, 1.82) is 0 Å². The number of nitrogens with one attached hydrogen (secondary N) is 2. The first-order valence-electron chi connectivity index (χ1n) is 13.1. The van der Waals surface area contributed by atoms with Crippen molar-refractivity contribution in [1.82, 2.24) is 20.4 Å². The molecule has 5 rings (SSSR count). The SMILES string of the molecule is C=C(Cc1ccc(OC)cc1)Nc1nncs1.COc1ccc(CC(=O)Nc2nnc(C3CCCCC3)s2)cc1. The number of benzene rings is 2. The molecule has 1 aliphatic carbocycles. The Morgan fingerprint density at radius 2 is 1.48 bits per heavy atom. The van der Waals surface area contributed by atoms with Gasteiger partial charge in [0.25, 0.3) is 0 Å². The predicted molar refractivity (Wildman–Crippen MR) is 160 cm³/mol. The largest absolute Gasteiger partial charge is 0.497 e. The smallest absolute Gasteiger partial charge is 0.230 e. The fourth-order valence-electron chi connectivity index (χ4n) is 4.30. The van der Waals surface area contributed by atoms with Gasteiger partial charge in [-0.3, -0.25) is 4.79 Å². The standard InChI is InChI=1S/C17H21N3O2S.C12H13N3OS/c1-22-14-9-7-12(8-10-14)11-15(21)18-17-20-19-16(23-17)13-5-3-2-4-6-13;1-9(14-12-15-13-8-17-12)7-10-3-5-11(16-2)6-4-10/h7-10,13H,2-6,11H2,1H3,(H,18,20,21);3-6,8H,1,7H2,2H3,(H,14,15). The van der Waals surface area contributed by atoms with E-state index in [0.717, 1.165) is 39.3 Å². The lowest BCUT2D eigenvalue weighted by molar-refractivity contribution is -0.115. The van der Waals surface area contributed by atoms with Gasteiger partial charge in [0.1, 0.15) is 22.0 Å². The topological polar surface area (TPSA) is 111 Å². The molecule has 11 heteroatoms. The molecular formula is C29H34N6O3S2. The molecule has 0 radical (unpaired) electrons. The molecule has 2 aromatic carbocycles. The van der Waals surface area contributed by atoms with Crippen LogP contribution in [0.25, 0.3) is 0 Å². The minimum atomic E-state index is -0.0680. The number of carbonyl (C=O) groups is 1. The normalized spacial score (nSPS) is 13.1. The highest BCUT2D eigenvalue weighted by molar-refractivity contribution is 7.15. The summed E-state index contributed by atoms with van der Waals surface area (Å²) in [5.74, 6) is 2.10. The lowest BCUT2D eigenvalue weighted by Gasteiger charge is -2.18. The van der Waals surface area contributed by atoms with Gasteiger partial charge in [0.05, 0.1) is 20.6 Å². The third-order valence-corrected chi connectivity index (χ3v) is 7.99. The Hall–Kier alpha value is -3.83. The van der Waals surface area contributed by atoms with Crippen LogP contribution in [0.1, 0.15) is 54.2 Å². The van der Waals surface area contributed by atoms with Crippen molar-refractivity contribution < 1.29 is 14.3 Å². The Kier molecular flexibility index (Phi) is 11.0. The van der Waals surface area contributed by atoms with Crippen LogP contribution < -0.4 is 20.1 Å². The van der Waals surface area contributed by atoms with Crippen molar-refractivity contribution in [3.05, 3.63) is 82.5 Å². The molecule has 4 aromatic rings. The first kappa shape index (κ1) is 29.2. The molecular weight excluding hydrogens is 544 g/mol. The maximum atomic E-state index is 12.1. The van der Waals surface area contributed by atoms with Crippen LogP contribution in [0.15, 0.2) is 66.3 Å². The Balaban J connectivity index is 0.000000194. The molecule has 1 saturated carbocycles. The second-order valence-electron chi connectivity index (χ2n) is 9.35. The number of aromatic nitrogens is 4. The van der Waals surface area contributed by atoms with Gasteiger partial charge in [-0.15, -0.1) is 20.4 Å². The Morgan fingerprint density at radius 3 is 2.05 bits per heavy atom. The fourth-order valence-corrected chi connectivity index (χ4v) is 5.72. The first-order chi connectivity index (χ1) is 19.5. The zero-order chi connectivity index (χ0) is 28.2. The van der Waals surface area contributed by atoms with Crippen LogP contribution in [0, 0.1) is 0 Å². The highest BCUT2D eigenvalue weighted by Gasteiger charge is 2.20. The number of allylic oxidation sites excluding steroid dienone is 1. The van der Waals surface area contributed by atoms with Crippen LogP contribution in [0.5, 0.6) is 11.5 Å². The van der Waals surface area contributed by atoms with E-state index < -0.39 is 0 Å². The van der Waals surface area contributed by atoms with E-state index in [2.05, 4.69) is 37.6 Å². The average Bonchev–Trinajstić information content (AvgIpc) is 3.67. The van der Waals surface area contributed by atoms with Gasteiger partial charge in [0.2, 0.25) is 16.2 Å². The first-order valence-corrected chi connectivity index (χ1v) is 14.8. The number of methoxy groups -OCH3 is 2. The molecule has 2 aromatic heterocycles. The molecule has 0 bridgehead atoms. The summed E-state index contributed by atoms with van der Waals surface area (Å²) in [5.41, 5.74) is 4.70. The molecule has 1 fully saturated rings. The van der Waals surface area contributed by atoms with Crippen LogP contribution in [0.4, 0.5) is 10.3 Å². The molecule has 0 atom stereocenters. The Labute approximate surface area is 242 Å². The van der Waals surface area contributed by atoms with E-state index in [1.807, 2.05) is 48.5 Å². The van der Waals surface area contributed by atoms with E-state index in [4.69, 9.17) is 9.47 Å². The number of rotatable bonds is 10. The van der Waals surface area contributed by atoms with Crippen molar-refractivity contribution in [2.24, 2.45) is 0 Å². The molecule has 2 heterocycles. The summed E-state index contributed by atoms with van der Waals surface area (Å²) in [6.07, 6.45) is 7.31. The van der Waals surface area contributed by atoms with E-state index in [-0.39, 0.29) is 5.91 Å². The summed E-state index contributed by atoms with van der Waals surface area (Å²) in [5, 5.41) is 24.4. The minimum Gasteiger partial charge on any atom is -0.497 e. The summed E-state index contributed by atoms with van der Waals surface area (Å²) >= 11 is 2.96. The van der Waals surface area contributed by atoms with E-state index in [0.29, 0.717) is 17.5 Å². The number of carbonyl (C=O) groups excluding carboxylic acids is 1. The van der Waals surface area contributed by atoms with Crippen LogP contribution in [0.3, 0.4) is 0 Å². The third-order valence-electron chi connectivity index (χ3n) is 6.39. The molecule has 210 valence electrons. The predicted octanol–water partition coefficient (Wildman–Crippen LogP) is 6.49. The molecule has 2 N–H and O–H groups in total. The molecule has 0 spiro atoms. The summed E-state index contributed by atoms with van der Waals surface area (Å²) in [6, 6.07) is 15.4. The molecule has 0 unspecified atom stereocenters. The second-order valence-corrected chi connectivity index (χ2v) is 11.2.